The minimum atomic E-state index is -4.37. The summed E-state index contributed by atoms with van der Waals surface area (Å²) in [5.41, 5.74) is 0. The number of aliphatic hydroxyl groups is 2. The minimum Gasteiger partial charge on any atom is -0.393 e. The predicted molar refractivity (Wildman–Crippen MR) is 88.4 cm³/mol. The lowest BCUT2D eigenvalue weighted by Gasteiger charge is -2.16. The molecule has 0 heterocycles. The molecule has 0 fully saturated rings. The van der Waals surface area contributed by atoms with Crippen molar-refractivity contribution in [3.05, 3.63) is 0 Å². The van der Waals surface area contributed by atoms with Crippen LogP contribution in [0.3, 0.4) is 0 Å². The Labute approximate surface area is 139 Å². The monoisotopic (exact) mass is 340 g/mol. The Morgan fingerprint density at radius 2 is 1.13 bits per heavy atom. The Hall–Kier alpha value is -0.290. The first-order chi connectivity index (χ1) is 10.8. The second-order valence-corrected chi connectivity index (χ2v) is 6.69. The van der Waals surface area contributed by atoms with E-state index in [9.17, 15) is 23.4 Å². The number of aliphatic hydroxyl groups excluding tert-OH is 2. The summed E-state index contributed by atoms with van der Waals surface area (Å²) in [6.07, 6.45) is 5.65. The number of halogens is 3. The van der Waals surface area contributed by atoms with Gasteiger partial charge in [0.05, 0.1) is 18.6 Å². The van der Waals surface area contributed by atoms with Crippen LogP contribution >= 0.6 is 0 Å². The zero-order valence-corrected chi connectivity index (χ0v) is 14.6. The van der Waals surface area contributed by atoms with Gasteiger partial charge >= 0.3 is 6.18 Å². The number of rotatable bonds is 15. The smallest absolute Gasteiger partial charge is 0.391 e. The van der Waals surface area contributed by atoms with Gasteiger partial charge in [-0.1, -0.05) is 77.6 Å². The second kappa shape index (κ2) is 14.1. The van der Waals surface area contributed by atoms with Crippen molar-refractivity contribution in [1.82, 2.24) is 0 Å². The molecule has 0 aliphatic rings. The van der Waals surface area contributed by atoms with E-state index >= 15 is 0 Å². The molecule has 0 radical (unpaired) electrons. The van der Waals surface area contributed by atoms with Crippen molar-refractivity contribution < 1.29 is 23.4 Å². The minimum absolute atomic E-state index is 0.183. The highest BCUT2D eigenvalue weighted by molar-refractivity contribution is 4.67. The molecule has 0 aliphatic carbocycles. The van der Waals surface area contributed by atoms with Gasteiger partial charge in [-0.2, -0.15) is 13.2 Å². The van der Waals surface area contributed by atoms with E-state index in [1.807, 2.05) is 0 Å². The van der Waals surface area contributed by atoms with Crippen LogP contribution in [-0.4, -0.2) is 28.6 Å². The van der Waals surface area contributed by atoms with Gasteiger partial charge in [0, 0.05) is 0 Å². The highest BCUT2D eigenvalue weighted by Gasteiger charge is 2.31. The van der Waals surface area contributed by atoms with Crippen LogP contribution in [0.2, 0.25) is 0 Å². The van der Waals surface area contributed by atoms with Crippen LogP contribution < -0.4 is 0 Å². The standard InChI is InChI=1S/C18H35F3O2/c1-2-3-4-5-6-7-8-9-10-11-12-13-16(22)14-17(23)15-18(19,20)21/h16-17,22-23H,2-15H2,1H3. The maximum absolute atomic E-state index is 12.1. The number of hydrogen-bond donors (Lipinski definition) is 2. The third-order valence-corrected chi connectivity index (χ3v) is 4.15. The molecule has 0 aromatic heterocycles. The Kier molecular flexibility index (Phi) is 13.9. The summed E-state index contributed by atoms with van der Waals surface area (Å²) < 4.78 is 36.2. The largest absolute Gasteiger partial charge is 0.393 e. The molecular weight excluding hydrogens is 305 g/mol. The van der Waals surface area contributed by atoms with E-state index in [0.717, 1.165) is 19.3 Å². The van der Waals surface area contributed by atoms with Crippen LogP contribution in [0.15, 0.2) is 0 Å². The topological polar surface area (TPSA) is 40.5 Å². The van der Waals surface area contributed by atoms with Gasteiger partial charge in [0.1, 0.15) is 0 Å². The molecule has 0 saturated heterocycles. The summed E-state index contributed by atoms with van der Waals surface area (Å²) in [7, 11) is 0. The molecule has 0 spiro atoms. The fraction of sp³-hybridized carbons (Fsp3) is 1.00. The zero-order valence-electron chi connectivity index (χ0n) is 14.6. The van der Waals surface area contributed by atoms with Crippen molar-refractivity contribution in [3.8, 4) is 0 Å². The van der Waals surface area contributed by atoms with E-state index in [4.69, 9.17) is 0 Å². The van der Waals surface area contributed by atoms with E-state index < -0.39 is 24.8 Å². The van der Waals surface area contributed by atoms with Gasteiger partial charge in [-0.15, -0.1) is 0 Å². The van der Waals surface area contributed by atoms with E-state index in [1.54, 1.807) is 0 Å². The molecule has 5 heteroatoms. The average Bonchev–Trinajstić information content (AvgIpc) is 2.42. The summed E-state index contributed by atoms with van der Waals surface area (Å²) in [5.74, 6) is 0. The molecule has 0 aromatic rings. The van der Waals surface area contributed by atoms with Crippen molar-refractivity contribution in [3.63, 3.8) is 0 Å². The molecular formula is C18H35F3O2. The quantitative estimate of drug-likeness (QED) is 0.373. The highest BCUT2D eigenvalue weighted by Crippen LogP contribution is 2.24. The lowest BCUT2D eigenvalue weighted by molar-refractivity contribution is -0.156. The van der Waals surface area contributed by atoms with Crippen LogP contribution in [0, 0.1) is 0 Å². The van der Waals surface area contributed by atoms with Crippen molar-refractivity contribution in [2.45, 2.75) is 115 Å². The molecule has 23 heavy (non-hydrogen) atoms. The molecule has 0 bridgehead atoms. The van der Waals surface area contributed by atoms with Crippen molar-refractivity contribution >= 4 is 0 Å². The highest BCUT2D eigenvalue weighted by atomic mass is 19.4. The van der Waals surface area contributed by atoms with Crippen molar-refractivity contribution in [1.29, 1.82) is 0 Å². The number of alkyl halides is 3. The SMILES string of the molecule is CCCCCCCCCCCCCC(O)CC(O)CC(F)(F)F. The van der Waals surface area contributed by atoms with Gasteiger partial charge in [-0.25, -0.2) is 0 Å². The van der Waals surface area contributed by atoms with Crippen LogP contribution in [0.4, 0.5) is 13.2 Å². The molecule has 2 nitrogen and oxygen atoms in total. The Bertz CT molecular complexity index is 257. The number of hydrogen-bond acceptors (Lipinski definition) is 2. The normalized spacial score (nSPS) is 14.9. The molecule has 0 aromatic carbocycles. The summed E-state index contributed by atoms with van der Waals surface area (Å²) in [6.45, 7) is 2.22. The fourth-order valence-electron chi connectivity index (χ4n) is 2.83. The van der Waals surface area contributed by atoms with Crippen LogP contribution in [0.25, 0.3) is 0 Å². The molecule has 0 saturated carbocycles. The van der Waals surface area contributed by atoms with Crippen molar-refractivity contribution in [2.24, 2.45) is 0 Å². The third-order valence-electron chi connectivity index (χ3n) is 4.15. The van der Waals surface area contributed by atoms with E-state index in [-0.39, 0.29) is 6.42 Å². The summed E-state index contributed by atoms with van der Waals surface area (Å²) >= 11 is 0. The van der Waals surface area contributed by atoms with Crippen LogP contribution in [-0.2, 0) is 0 Å². The molecule has 0 amide bonds. The maximum Gasteiger partial charge on any atom is 0.391 e. The molecule has 2 atom stereocenters. The Morgan fingerprint density at radius 3 is 1.57 bits per heavy atom. The van der Waals surface area contributed by atoms with Crippen LogP contribution in [0.5, 0.6) is 0 Å². The molecule has 2 unspecified atom stereocenters. The van der Waals surface area contributed by atoms with E-state index in [0.29, 0.717) is 6.42 Å². The predicted octanol–water partition coefficient (Wildman–Crippen LogP) is 5.75. The molecule has 0 aliphatic heterocycles. The summed E-state index contributed by atoms with van der Waals surface area (Å²) in [6, 6.07) is 0. The van der Waals surface area contributed by atoms with Gasteiger partial charge in [0.25, 0.3) is 0 Å². The fourth-order valence-corrected chi connectivity index (χ4v) is 2.83. The first kappa shape index (κ1) is 22.7. The second-order valence-electron chi connectivity index (χ2n) is 6.69. The molecule has 2 N–H and O–H groups in total. The van der Waals surface area contributed by atoms with E-state index in [1.165, 1.54) is 51.4 Å². The third kappa shape index (κ3) is 17.9. The van der Waals surface area contributed by atoms with Gasteiger partial charge < -0.3 is 10.2 Å². The van der Waals surface area contributed by atoms with Crippen LogP contribution in [0.1, 0.15) is 96.8 Å². The van der Waals surface area contributed by atoms with Gasteiger partial charge in [0.15, 0.2) is 0 Å². The molecule has 140 valence electrons. The zero-order chi connectivity index (χ0) is 17.6. The van der Waals surface area contributed by atoms with Gasteiger partial charge in [0.2, 0.25) is 0 Å². The maximum atomic E-state index is 12.1. The Balaban J connectivity index is 3.34. The average molecular weight is 340 g/mol. The lowest BCUT2D eigenvalue weighted by Crippen LogP contribution is -2.24. The molecule has 0 rings (SSSR count). The number of unbranched alkanes of at least 4 members (excludes halogenated alkanes) is 10. The Morgan fingerprint density at radius 1 is 0.696 bits per heavy atom. The van der Waals surface area contributed by atoms with Gasteiger partial charge in [-0.05, 0) is 12.8 Å². The van der Waals surface area contributed by atoms with E-state index in [2.05, 4.69) is 6.92 Å². The first-order valence-electron chi connectivity index (χ1n) is 9.28. The van der Waals surface area contributed by atoms with Gasteiger partial charge in [-0.3, -0.25) is 0 Å². The summed E-state index contributed by atoms with van der Waals surface area (Å²) in [5, 5.41) is 18.9. The van der Waals surface area contributed by atoms with Crippen molar-refractivity contribution in [2.75, 3.05) is 0 Å². The first-order valence-corrected chi connectivity index (χ1v) is 9.28. The lowest BCUT2D eigenvalue weighted by atomic mass is 10.0. The summed E-state index contributed by atoms with van der Waals surface area (Å²) in [4.78, 5) is 0.